The third-order valence-corrected chi connectivity index (χ3v) is 6.74. The fourth-order valence-electron chi connectivity index (χ4n) is 4.65. The Hall–Kier alpha value is -3.75. The minimum atomic E-state index is -0.601. The van der Waals surface area contributed by atoms with Gasteiger partial charge in [-0.2, -0.15) is 0 Å². The normalized spacial score (nSPS) is 16.1. The molecule has 192 valence electrons. The number of benzene rings is 2. The summed E-state index contributed by atoms with van der Waals surface area (Å²) in [7, 11) is 3.17. The van der Waals surface area contributed by atoms with Crippen LogP contribution in [0.2, 0.25) is 0 Å². The van der Waals surface area contributed by atoms with Gasteiger partial charge < -0.3 is 29.2 Å². The van der Waals surface area contributed by atoms with E-state index in [0.29, 0.717) is 73.9 Å². The molecule has 2 aromatic rings. The Morgan fingerprint density at radius 2 is 1.81 bits per heavy atom. The number of methoxy groups -OCH3 is 2. The van der Waals surface area contributed by atoms with E-state index in [9.17, 15) is 14.4 Å². The predicted octanol–water partition coefficient (Wildman–Crippen LogP) is 2.79. The van der Waals surface area contributed by atoms with Crippen LogP contribution < -0.4 is 24.3 Å². The Balaban J connectivity index is 1.29. The lowest BCUT2D eigenvalue weighted by atomic mass is 9.82. The SMILES string of the molecule is COc1ccc(CCNC(=O)COc2ccc3c(c2)OC2(CCN(C(C)=O)CC2)CC3=O)cc1OC. The number of hydrogen-bond donors (Lipinski definition) is 1. The van der Waals surface area contributed by atoms with Gasteiger partial charge >= 0.3 is 0 Å². The molecule has 2 heterocycles. The van der Waals surface area contributed by atoms with E-state index >= 15 is 0 Å². The molecule has 0 aliphatic carbocycles. The maximum absolute atomic E-state index is 12.8. The van der Waals surface area contributed by atoms with Crippen molar-refractivity contribution in [1.29, 1.82) is 0 Å². The quantitative estimate of drug-likeness (QED) is 0.599. The van der Waals surface area contributed by atoms with E-state index in [2.05, 4.69) is 5.32 Å². The number of ketones is 1. The number of rotatable bonds is 8. The standard InChI is InChI=1S/C27H32N2O7/c1-18(30)29-12-9-27(10-13-29)16-22(31)21-6-5-20(15-24(21)36-27)35-17-26(32)28-11-8-19-4-7-23(33-2)25(14-19)34-3/h4-7,14-15H,8-13,16-17H2,1-3H3,(H,28,32). The molecule has 2 aliphatic rings. The van der Waals surface area contributed by atoms with Crippen LogP contribution in [0.4, 0.5) is 0 Å². The van der Waals surface area contributed by atoms with Crippen molar-refractivity contribution in [3.05, 3.63) is 47.5 Å². The summed E-state index contributed by atoms with van der Waals surface area (Å²) < 4.78 is 22.5. The number of piperidine rings is 1. The summed E-state index contributed by atoms with van der Waals surface area (Å²) in [6.07, 6.45) is 2.13. The molecule has 9 nitrogen and oxygen atoms in total. The zero-order chi connectivity index (χ0) is 25.7. The first-order valence-electron chi connectivity index (χ1n) is 12.0. The summed E-state index contributed by atoms with van der Waals surface area (Å²) in [5.41, 5.74) is 0.922. The van der Waals surface area contributed by atoms with E-state index in [-0.39, 0.29) is 24.2 Å². The van der Waals surface area contributed by atoms with Crippen LogP contribution in [0.15, 0.2) is 36.4 Å². The maximum atomic E-state index is 12.8. The van der Waals surface area contributed by atoms with Gasteiger partial charge in [0.1, 0.15) is 17.1 Å². The molecule has 0 unspecified atom stereocenters. The molecule has 36 heavy (non-hydrogen) atoms. The molecule has 1 N–H and O–H groups in total. The molecule has 9 heteroatoms. The lowest BCUT2D eigenvalue weighted by Crippen LogP contribution is -2.51. The monoisotopic (exact) mass is 496 g/mol. The van der Waals surface area contributed by atoms with Gasteiger partial charge in [0.15, 0.2) is 23.9 Å². The van der Waals surface area contributed by atoms with Crippen LogP contribution in [0, 0.1) is 0 Å². The van der Waals surface area contributed by atoms with Crippen LogP contribution in [0.1, 0.15) is 42.1 Å². The molecule has 1 fully saturated rings. The lowest BCUT2D eigenvalue weighted by molar-refractivity contribution is -0.132. The number of nitrogens with zero attached hydrogens (tertiary/aromatic N) is 1. The van der Waals surface area contributed by atoms with Gasteiger partial charge in [0, 0.05) is 45.5 Å². The van der Waals surface area contributed by atoms with Crippen molar-refractivity contribution in [1.82, 2.24) is 10.2 Å². The fourth-order valence-corrected chi connectivity index (χ4v) is 4.65. The van der Waals surface area contributed by atoms with Crippen molar-refractivity contribution in [2.45, 2.75) is 38.2 Å². The number of amides is 2. The van der Waals surface area contributed by atoms with Gasteiger partial charge in [-0.25, -0.2) is 0 Å². The number of hydrogen-bond acceptors (Lipinski definition) is 7. The topological polar surface area (TPSA) is 103 Å². The van der Waals surface area contributed by atoms with Crippen molar-refractivity contribution in [3.63, 3.8) is 0 Å². The van der Waals surface area contributed by atoms with Gasteiger partial charge in [-0.3, -0.25) is 14.4 Å². The smallest absolute Gasteiger partial charge is 0.257 e. The second-order valence-corrected chi connectivity index (χ2v) is 9.13. The molecule has 1 spiro atoms. The molecule has 2 aliphatic heterocycles. The first-order valence-corrected chi connectivity index (χ1v) is 12.0. The molecule has 0 aromatic heterocycles. The zero-order valence-electron chi connectivity index (χ0n) is 20.9. The molecule has 4 rings (SSSR count). The largest absolute Gasteiger partial charge is 0.493 e. The van der Waals surface area contributed by atoms with Gasteiger partial charge in [0.25, 0.3) is 5.91 Å². The Morgan fingerprint density at radius 1 is 1.06 bits per heavy atom. The number of nitrogens with one attached hydrogen (secondary N) is 1. The van der Waals surface area contributed by atoms with Crippen molar-refractivity contribution in [2.24, 2.45) is 0 Å². The Bertz CT molecular complexity index is 1140. The molecule has 0 radical (unpaired) electrons. The maximum Gasteiger partial charge on any atom is 0.257 e. The van der Waals surface area contributed by atoms with E-state index in [4.69, 9.17) is 18.9 Å². The van der Waals surface area contributed by atoms with Crippen LogP contribution in [-0.2, 0) is 16.0 Å². The highest BCUT2D eigenvalue weighted by Gasteiger charge is 2.43. The summed E-state index contributed by atoms with van der Waals surface area (Å²) in [6, 6.07) is 10.7. The molecular formula is C27H32N2O7. The minimum absolute atomic E-state index is 0.0204. The average Bonchev–Trinajstić information content (AvgIpc) is 2.87. The summed E-state index contributed by atoms with van der Waals surface area (Å²) in [4.78, 5) is 38.5. The van der Waals surface area contributed by atoms with E-state index in [1.807, 2.05) is 18.2 Å². The average molecular weight is 497 g/mol. The summed E-state index contributed by atoms with van der Waals surface area (Å²) >= 11 is 0. The van der Waals surface area contributed by atoms with Crippen LogP contribution >= 0.6 is 0 Å². The fraction of sp³-hybridized carbons (Fsp3) is 0.444. The van der Waals surface area contributed by atoms with Crippen LogP contribution in [0.5, 0.6) is 23.0 Å². The molecule has 0 atom stereocenters. The highest BCUT2D eigenvalue weighted by molar-refractivity contribution is 6.00. The number of carbonyl (C=O) groups is 3. The minimum Gasteiger partial charge on any atom is -0.493 e. The van der Waals surface area contributed by atoms with Crippen LogP contribution in [0.3, 0.4) is 0 Å². The molecule has 2 aromatic carbocycles. The molecular weight excluding hydrogens is 464 g/mol. The van der Waals surface area contributed by atoms with E-state index in [1.165, 1.54) is 0 Å². The second kappa shape index (κ2) is 10.9. The van der Waals surface area contributed by atoms with E-state index in [0.717, 1.165) is 5.56 Å². The summed E-state index contributed by atoms with van der Waals surface area (Å²) in [5.74, 6) is 2.02. The first-order chi connectivity index (χ1) is 17.3. The van der Waals surface area contributed by atoms with Crippen molar-refractivity contribution in [2.75, 3.05) is 40.5 Å². The zero-order valence-corrected chi connectivity index (χ0v) is 20.9. The van der Waals surface area contributed by atoms with Gasteiger partial charge in [-0.05, 0) is 36.2 Å². The second-order valence-electron chi connectivity index (χ2n) is 9.13. The third kappa shape index (κ3) is 5.72. The van der Waals surface area contributed by atoms with Crippen molar-refractivity contribution >= 4 is 17.6 Å². The highest BCUT2D eigenvalue weighted by Crippen LogP contribution is 2.40. The Labute approximate surface area is 210 Å². The van der Waals surface area contributed by atoms with Gasteiger partial charge in [-0.1, -0.05) is 6.07 Å². The molecule has 0 bridgehead atoms. The summed E-state index contributed by atoms with van der Waals surface area (Å²) in [6.45, 7) is 2.97. The first kappa shape index (κ1) is 25.3. The van der Waals surface area contributed by atoms with Crippen molar-refractivity contribution in [3.8, 4) is 23.0 Å². The van der Waals surface area contributed by atoms with Gasteiger partial charge in [-0.15, -0.1) is 0 Å². The summed E-state index contributed by atoms with van der Waals surface area (Å²) in [5, 5.41) is 2.84. The number of Topliss-reactive ketones (excluding diaryl/α,β-unsaturated/α-hetero) is 1. The molecule has 0 saturated carbocycles. The van der Waals surface area contributed by atoms with Gasteiger partial charge in [0.05, 0.1) is 26.2 Å². The van der Waals surface area contributed by atoms with Crippen LogP contribution in [-0.4, -0.2) is 68.6 Å². The Morgan fingerprint density at radius 3 is 2.50 bits per heavy atom. The number of likely N-dealkylation sites (tertiary alicyclic amines) is 1. The number of carbonyl (C=O) groups excluding carboxylic acids is 3. The van der Waals surface area contributed by atoms with E-state index in [1.54, 1.807) is 44.2 Å². The van der Waals surface area contributed by atoms with Gasteiger partial charge in [0.2, 0.25) is 5.91 Å². The molecule has 2 amide bonds. The predicted molar refractivity (Wildman–Crippen MR) is 132 cm³/mol. The highest BCUT2D eigenvalue weighted by atomic mass is 16.5. The van der Waals surface area contributed by atoms with Crippen LogP contribution in [0.25, 0.3) is 0 Å². The van der Waals surface area contributed by atoms with Crippen molar-refractivity contribution < 1.29 is 33.3 Å². The Kier molecular flexibility index (Phi) is 7.67. The van der Waals surface area contributed by atoms with E-state index < -0.39 is 5.60 Å². The number of ether oxygens (including phenoxy) is 4. The number of fused-ring (bicyclic) bond motifs is 1. The molecule has 1 saturated heterocycles. The lowest BCUT2D eigenvalue weighted by Gasteiger charge is -2.43. The third-order valence-electron chi connectivity index (χ3n) is 6.74.